The van der Waals surface area contributed by atoms with Gasteiger partial charge in [0.25, 0.3) is 0 Å². The monoisotopic (exact) mass is 275 g/mol. The molecule has 2 aromatic carbocycles. The largest absolute Gasteiger partial charge is 0.431 e. The van der Waals surface area contributed by atoms with Crippen molar-refractivity contribution >= 4 is 34.2 Å². The maximum absolute atomic E-state index is 11.6. The summed E-state index contributed by atoms with van der Waals surface area (Å²) < 4.78 is 5.22. The van der Waals surface area contributed by atoms with Crippen molar-refractivity contribution in [3.63, 3.8) is 0 Å². The molecular formula is C13H13N3O2S. The van der Waals surface area contributed by atoms with Gasteiger partial charge < -0.3 is 10.1 Å². The van der Waals surface area contributed by atoms with Crippen molar-refractivity contribution in [2.45, 2.75) is 0 Å². The van der Waals surface area contributed by atoms with Gasteiger partial charge in [0.1, 0.15) is 5.75 Å². The van der Waals surface area contributed by atoms with Crippen LogP contribution in [-0.2, 0) is 0 Å². The fourth-order valence-corrected chi connectivity index (χ4v) is 1.63. The third kappa shape index (κ3) is 3.32. The molecule has 0 radical (unpaired) electrons. The van der Waals surface area contributed by atoms with Gasteiger partial charge in [-0.05, 0) is 23.7 Å². The van der Waals surface area contributed by atoms with Crippen molar-refractivity contribution in [1.82, 2.24) is 16.2 Å². The average molecular weight is 275 g/mol. The molecule has 0 bridgehead atoms. The van der Waals surface area contributed by atoms with E-state index < -0.39 is 6.09 Å². The van der Waals surface area contributed by atoms with E-state index in [1.807, 2.05) is 36.4 Å². The Kier molecular flexibility index (Phi) is 4.15. The molecular weight excluding hydrogens is 262 g/mol. The first-order chi connectivity index (χ1) is 9.20. The molecule has 0 aromatic heterocycles. The van der Waals surface area contributed by atoms with E-state index in [2.05, 4.69) is 16.2 Å². The third-order valence-corrected chi connectivity index (χ3v) is 2.76. The Morgan fingerprint density at radius 3 is 2.63 bits per heavy atom. The lowest BCUT2D eigenvalue weighted by Gasteiger charge is -2.10. The van der Waals surface area contributed by atoms with Crippen molar-refractivity contribution in [2.75, 3.05) is 7.05 Å². The second-order valence-corrected chi connectivity index (χ2v) is 4.10. The standard InChI is InChI=1S/C13H13N3O2S/c1-14-12(19)15-16-13(17)18-11-8-4-6-9-5-2-3-7-10(9)11/h2-8H,1H3,(H,16,17)(H2,14,15,19). The molecule has 0 aliphatic heterocycles. The zero-order valence-electron chi connectivity index (χ0n) is 10.3. The van der Waals surface area contributed by atoms with E-state index in [0.29, 0.717) is 10.9 Å². The molecule has 5 nitrogen and oxygen atoms in total. The Labute approximate surface area is 115 Å². The maximum atomic E-state index is 11.6. The molecule has 0 saturated heterocycles. The van der Waals surface area contributed by atoms with Crippen LogP contribution < -0.4 is 20.9 Å². The van der Waals surface area contributed by atoms with Crippen LogP contribution >= 0.6 is 12.2 Å². The molecule has 2 aromatic rings. The van der Waals surface area contributed by atoms with E-state index in [1.165, 1.54) is 0 Å². The second kappa shape index (κ2) is 6.01. The first kappa shape index (κ1) is 13.1. The van der Waals surface area contributed by atoms with Gasteiger partial charge in [-0.15, -0.1) is 0 Å². The lowest BCUT2D eigenvalue weighted by atomic mass is 10.1. The van der Waals surface area contributed by atoms with Crippen molar-refractivity contribution in [3.8, 4) is 5.75 Å². The van der Waals surface area contributed by atoms with Crippen molar-refractivity contribution < 1.29 is 9.53 Å². The molecule has 6 heteroatoms. The van der Waals surface area contributed by atoms with Crippen molar-refractivity contribution in [2.24, 2.45) is 0 Å². The molecule has 98 valence electrons. The Hall–Kier alpha value is -2.34. The number of carbonyl (C=O) groups excluding carboxylic acids is 1. The zero-order chi connectivity index (χ0) is 13.7. The normalized spacial score (nSPS) is 9.74. The smallest absolute Gasteiger partial charge is 0.408 e. The molecule has 1 amide bonds. The molecule has 3 N–H and O–H groups in total. The molecule has 0 aliphatic rings. The fourth-order valence-electron chi connectivity index (χ4n) is 1.58. The number of ether oxygens (including phenoxy) is 1. The van der Waals surface area contributed by atoms with Gasteiger partial charge in [0, 0.05) is 12.4 Å². The number of carbonyl (C=O) groups is 1. The molecule has 0 aliphatic carbocycles. The summed E-state index contributed by atoms with van der Waals surface area (Å²) in [5, 5.41) is 4.84. The highest BCUT2D eigenvalue weighted by atomic mass is 32.1. The Morgan fingerprint density at radius 1 is 1.11 bits per heavy atom. The molecule has 0 fully saturated rings. The van der Waals surface area contributed by atoms with Gasteiger partial charge in [0.15, 0.2) is 5.11 Å². The second-order valence-electron chi connectivity index (χ2n) is 3.70. The molecule has 0 heterocycles. The minimum Gasteiger partial charge on any atom is -0.408 e. The van der Waals surface area contributed by atoms with Crippen LogP contribution in [-0.4, -0.2) is 18.3 Å². The van der Waals surface area contributed by atoms with E-state index in [-0.39, 0.29) is 0 Å². The first-order valence-electron chi connectivity index (χ1n) is 5.64. The fraction of sp³-hybridized carbons (Fsp3) is 0.0769. The predicted molar refractivity (Wildman–Crippen MR) is 77.9 cm³/mol. The summed E-state index contributed by atoms with van der Waals surface area (Å²) in [6.45, 7) is 0. The van der Waals surface area contributed by atoms with Crippen LogP contribution in [0.5, 0.6) is 5.75 Å². The van der Waals surface area contributed by atoms with Crippen LogP contribution in [0, 0.1) is 0 Å². The topological polar surface area (TPSA) is 62.4 Å². The maximum Gasteiger partial charge on any atom is 0.431 e. The minimum atomic E-state index is -0.631. The highest BCUT2D eigenvalue weighted by Crippen LogP contribution is 2.24. The van der Waals surface area contributed by atoms with E-state index in [9.17, 15) is 4.79 Å². The van der Waals surface area contributed by atoms with Gasteiger partial charge in [-0.25, -0.2) is 10.2 Å². The highest BCUT2D eigenvalue weighted by Gasteiger charge is 2.07. The van der Waals surface area contributed by atoms with E-state index >= 15 is 0 Å². The van der Waals surface area contributed by atoms with Gasteiger partial charge in [0.05, 0.1) is 0 Å². The Bertz CT molecular complexity index is 610. The summed E-state index contributed by atoms with van der Waals surface area (Å²) in [7, 11) is 1.65. The van der Waals surface area contributed by atoms with Crippen LogP contribution in [0.15, 0.2) is 42.5 Å². The quantitative estimate of drug-likeness (QED) is 0.548. The zero-order valence-corrected chi connectivity index (χ0v) is 11.1. The van der Waals surface area contributed by atoms with Crippen LogP contribution in [0.3, 0.4) is 0 Å². The Balaban J connectivity index is 2.09. The number of benzene rings is 2. The third-order valence-electron chi connectivity index (χ3n) is 2.46. The van der Waals surface area contributed by atoms with E-state index in [4.69, 9.17) is 17.0 Å². The molecule has 0 atom stereocenters. The lowest BCUT2D eigenvalue weighted by molar-refractivity contribution is 0.199. The van der Waals surface area contributed by atoms with Gasteiger partial charge in [-0.1, -0.05) is 36.4 Å². The highest BCUT2D eigenvalue weighted by molar-refractivity contribution is 7.80. The van der Waals surface area contributed by atoms with Crippen LogP contribution in [0.4, 0.5) is 4.79 Å². The molecule has 19 heavy (non-hydrogen) atoms. The number of amides is 1. The van der Waals surface area contributed by atoms with Gasteiger partial charge in [-0.2, -0.15) is 0 Å². The summed E-state index contributed by atoms with van der Waals surface area (Å²) in [5.74, 6) is 0.493. The molecule has 2 rings (SSSR count). The SMILES string of the molecule is CNC(=S)NNC(=O)Oc1cccc2ccccc12. The number of nitrogens with one attached hydrogen (secondary N) is 3. The van der Waals surface area contributed by atoms with Crippen LogP contribution in [0.25, 0.3) is 10.8 Å². The predicted octanol–water partition coefficient (Wildman–Crippen LogP) is 1.94. The number of thiocarbonyl (C=S) groups is 1. The van der Waals surface area contributed by atoms with Crippen LogP contribution in [0.1, 0.15) is 0 Å². The number of fused-ring (bicyclic) bond motifs is 1. The average Bonchev–Trinajstić information content (AvgIpc) is 2.45. The van der Waals surface area contributed by atoms with Gasteiger partial charge in [-0.3, -0.25) is 5.43 Å². The van der Waals surface area contributed by atoms with E-state index in [0.717, 1.165) is 10.8 Å². The number of hydrazine groups is 1. The lowest BCUT2D eigenvalue weighted by Crippen LogP contribution is -2.46. The van der Waals surface area contributed by atoms with E-state index in [1.54, 1.807) is 13.1 Å². The number of hydrogen-bond acceptors (Lipinski definition) is 3. The molecule has 0 spiro atoms. The number of hydrogen-bond donors (Lipinski definition) is 3. The van der Waals surface area contributed by atoms with Gasteiger partial charge >= 0.3 is 6.09 Å². The number of rotatable bonds is 1. The van der Waals surface area contributed by atoms with Crippen molar-refractivity contribution in [1.29, 1.82) is 0 Å². The molecule has 0 saturated carbocycles. The van der Waals surface area contributed by atoms with Gasteiger partial charge in [0.2, 0.25) is 0 Å². The summed E-state index contributed by atoms with van der Waals surface area (Å²) in [4.78, 5) is 11.6. The Morgan fingerprint density at radius 2 is 1.84 bits per heavy atom. The first-order valence-corrected chi connectivity index (χ1v) is 6.05. The van der Waals surface area contributed by atoms with Crippen molar-refractivity contribution in [3.05, 3.63) is 42.5 Å². The molecule has 0 unspecified atom stereocenters. The minimum absolute atomic E-state index is 0.301. The summed E-state index contributed by atoms with van der Waals surface area (Å²) in [6, 6.07) is 13.2. The van der Waals surface area contributed by atoms with Crippen LogP contribution in [0.2, 0.25) is 0 Å². The summed E-state index contributed by atoms with van der Waals surface area (Å²) in [6.07, 6.45) is -0.631. The summed E-state index contributed by atoms with van der Waals surface area (Å²) >= 11 is 4.82. The summed E-state index contributed by atoms with van der Waals surface area (Å²) in [5.41, 5.74) is 4.83.